The quantitative estimate of drug-likeness (QED) is 0.611. The summed E-state index contributed by atoms with van der Waals surface area (Å²) in [7, 11) is 0. The van der Waals surface area contributed by atoms with Crippen LogP contribution >= 0.6 is 0 Å². The molecule has 2 heteroatoms. The van der Waals surface area contributed by atoms with Gasteiger partial charge in [-0.1, -0.05) is 6.92 Å². The number of rotatable bonds is 6. The summed E-state index contributed by atoms with van der Waals surface area (Å²) in [6.07, 6.45) is 6.49. The first-order valence-corrected chi connectivity index (χ1v) is 6.00. The zero-order chi connectivity index (χ0) is 9.86. The van der Waals surface area contributed by atoms with Gasteiger partial charge in [0, 0.05) is 19.8 Å². The van der Waals surface area contributed by atoms with E-state index in [1.807, 2.05) is 0 Å². The smallest absolute Gasteiger partial charge is 0.0522 e. The standard InChI is InChI=1S/C12H22O2/c1-2-12(5-6-12)10-14-8-4-11-3-7-13-9-11/h11H,2-10H2,1H3/t11-/m1/s1. The van der Waals surface area contributed by atoms with Gasteiger partial charge in [-0.3, -0.25) is 0 Å². The van der Waals surface area contributed by atoms with Crippen LogP contribution in [0.5, 0.6) is 0 Å². The molecule has 1 aliphatic heterocycles. The molecule has 0 bridgehead atoms. The van der Waals surface area contributed by atoms with E-state index in [0.717, 1.165) is 32.3 Å². The molecule has 1 saturated heterocycles. The van der Waals surface area contributed by atoms with Crippen molar-refractivity contribution < 1.29 is 9.47 Å². The van der Waals surface area contributed by atoms with E-state index < -0.39 is 0 Å². The summed E-state index contributed by atoms with van der Waals surface area (Å²) >= 11 is 0. The molecule has 2 nitrogen and oxygen atoms in total. The Morgan fingerprint density at radius 1 is 1.43 bits per heavy atom. The van der Waals surface area contributed by atoms with E-state index in [0.29, 0.717) is 5.41 Å². The summed E-state index contributed by atoms with van der Waals surface area (Å²) in [5.41, 5.74) is 0.589. The first-order valence-electron chi connectivity index (χ1n) is 6.00. The molecule has 0 aromatic rings. The molecule has 1 aliphatic carbocycles. The second-order valence-electron chi connectivity index (χ2n) is 4.92. The topological polar surface area (TPSA) is 18.5 Å². The third-order valence-corrected chi connectivity index (χ3v) is 3.81. The molecule has 2 aliphatic rings. The van der Waals surface area contributed by atoms with Gasteiger partial charge in [-0.2, -0.15) is 0 Å². The molecule has 1 atom stereocenters. The highest BCUT2D eigenvalue weighted by Crippen LogP contribution is 2.48. The van der Waals surface area contributed by atoms with E-state index in [1.165, 1.54) is 32.1 Å². The molecule has 1 heterocycles. The Balaban J connectivity index is 1.50. The third kappa shape index (κ3) is 2.71. The summed E-state index contributed by atoms with van der Waals surface area (Å²) in [5.74, 6) is 0.770. The van der Waals surface area contributed by atoms with Crippen LogP contribution in [0, 0.1) is 11.3 Å². The van der Waals surface area contributed by atoms with Gasteiger partial charge in [0.2, 0.25) is 0 Å². The minimum absolute atomic E-state index is 0.589. The molecule has 0 aromatic carbocycles. The first kappa shape index (κ1) is 10.4. The van der Waals surface area contributed by atoms with Crippen LogP contribution in [-0.4, -0.2) is 26.4 Å². The number of hydrogen-bond acceptors (Lipinski definition) is 2. The van der Waals surface area contributed by atoms with E-state index in [9.17, 15) is 0 Å². The van der Waals surface area contributed by atoms with Gasteiger partial charge in [-0.05, 0) is 43.4 Å². The van der Waals surface area contributed by atoms with Crippen molar-refractivity contribution in [3.05, 3.63) is 0 Å². The Hall–Kier alpha value is -0.0800. The molecule has 0 radical (unpaired) electrons. The Kier molecular flexibility index (Phi) is 3.45. The average Bonchev–Trinajstić information content (AvgIpc) is 2.81. The monoisotopic (exact) mass is 198 g/mol. The molecule has 1 saturated carbocycles. The van der Waals surface area contributed by atoms with Crippen LogP contribution in [0.25, 0.3) is 0 Å². The lowest BCUT2D eigenvalue weighted by molar-refractivity contribution is 0.0763. The summed E-state index contributed by atoms with van der Waals surface area (Å²) in [6.45, 7) is 6.14. The minimum atomic E-state index is 0.589. The summed E-state index contributed by atoms with van der Waals surface area (Å²) in [5, 5.41) is 0. The van der Waals surface area contributed by atoms with E-state index >= 15 is 0 Å². The van der Waals surface area contributed by atoms with Crippen molar-refractivity contribution >= 4 is 0 Å². The summed E-state index contributed by atoms with van der Waals surface area (Å²) in [6, 6.07) is 0. The highest BCUT2D eigenvalue weighted by atomic mass is 16.5. The Bertz CT molecular complexity index is 169. The van der Waals surface area contributed by atoms with Crippen LogP contribution in [0.1, 0.15) is 39.0 Å². The molecule has 0 N–H and O–H groups in total. The second-order valence-corrected chi connectivity index (χ2v) is 4.92. The normalized spacial score (nSPS) is 29.4. The SMILES string of the molecule is CCC1(COCC[C@H]2CCOC2)CC1. The fourth-order valence-corrected chi connectivity index (χ4v) is 2.13. The average molecular weight is 198 g/mol. The lowest BCUT2D eigenvalue weighted by Gasteiger charge is -2.13. The van der Waals surface area contributed by atoms with Crippen molar-refractivity contribution in [3.63, 3.8) is 0 Å². The molecule has 0 aromatic heterocycles. The van der Waals surface area contributed by atoms with Crippen molar-refractivity contribution in [2.24, 2.45) is 11.3 Å². The highest BCUT2D eigenvalue weighted by Gasteiger charge is 2.40. The van der Waals surface area contributed by atoms with Crippen LogP contribution in [0.3, 0.4) is 0 Å². The summed E-state index contributed by atoms with van der Waals surface area (Å²) < 4.78 is 11.1. The number of hydrogen-bond donors (Lipinski definition) is 0. The van der Waals surface area contributed by atoms with E-state index in [-0.39, 0.29) is 0 Å². The van der Waals surface area contributed by atoms with Gasteiger partial charge in [-0.15, -0.1) is 0 Å². The Labute approximate surface area is 87.0 Å². The number of ether oxygens (including phenoxy) is 2. The zero-order valence-corrected chi connectivity index (χ0v) is 9.26. The predicted molar refractivity (Wildman–Crippen MR) is 56.3 cm³/mol. The fourth-order valence-electron chi connectivity index (χ4n) is 2.13. The van der Waals surface area contributed by atoms with Gasteiger partial charge in [-0.25, -0.2) is 0 Å². The predicted octanol–water partition coefficient (Wildman–Crippen LogP) is 2.62. The van der Waals surface area contributed by atoms with Crippen molar-refractivity contribution in [1.29, 1.82) is 0 Å². The molecule has 2 rings (SSSR count). The van der Waals surface area contributed by atoms with E-state index in [1.54, 1.807) is 0 Å². The molecule has 2 fully saturated rings. The maximum Gasteiger partial charge on any atom is 0.0522 e. The first-order chi connectivity index (χ1) is 6.85. The van der Waals surface area contributed by atoms with Gasteiger partial charge in [0.1, 0.15) is 0 Å². The Morgan fingerprint density at radius 3 is 2.86 bits per heavy atom. The maximum atomic E-state index is 5.76. The highest BCUT2D eigenvalue weighted by molar-refractivity contribution is 4.91. The van der Waals surface area contributed by atoms with Crippen LogP contribution < -0.4 is 0 Å². The van der Waals surface area contributed by atoms with Crippen LogP contribution in [0.4, 0.5) is 0 Å². The summed E-state index contributed by atoms with van der Waals surface area (Å²) in [4.78, 5) is 0. The zero-order valence-electron chi connectivity index (χ0n) is 9.26. The fraction of sp³-hybridized carbons (Fsp3) is 1.00. The van der Waals surface area contributed by atoms with Crippen molar-refractivity contribution in [3.8, 4) is 0 Å². The molecule has 0 amide bonds. The van der Waals surface area contributed by atoms with Crippen LogP contribution in [0.2, 0.25) is 0 Å². The van der Waals surface area contributed by atoms with Crippen molar-refractivity contribution in [1.82, 2.24) is 0 Å². The van der Waals surface area contributed by atoms with Crippen molar-refractivity contribution in [2.75, 3.05) is 26.4 Å². The molecular weight excluding hydrogens is 176 g/mol. The Morgan fingerprint density at radius 2 is 2.29 bits per heavy atom. The maximum absolute atomic E-state index is 5.76. The third-order valence-electron chi connectivity index (χ3n) is 3.81. The van der Waals surface area contributed by atoms with Crippen LogP contribution in [-0.2, 0) is 9.47 Å². The van der Waals surface area contributed by atoms with Gasteiger partial charge >= 0.3 is 0 Å². The van der Waals surface area contributed by atoms with E-state index in [2.05, 4.69) is 6.92 Å². The van der Waals surface area contributed by atoms with Gasteiger partial charge in [0.25, 0.3) is 0 Å². The molecule has 14 heavy (non-hydrogen) atoms. The van der Waals surface area contributed by atoms with Crippen molar-refractivity contribution in [2.45, 2.75) is 39.0 Å². The molecular formula is C12H22O2. The van der Waals surface area contributed by atoms with Crippen LogP contribution in [0.15, 0.2) is 0 Å². The second kappa shape index (κ2) is 4.63. The molecule has 82 valence electrons. The van der Waals surface area contributed by atoms with Gasteiger partial charge < -0.3 is 9.47 Å². The molecule has 0 unspecified atom stereocenters. The lowest BCUT2D eigenvalue weighted by atomic mass is 10.1. The van der Waals surface area contributed by atoms with Gasteiger partial charge in [0.05, 0.1) is 6.61 Å². The molecule has 0 spiro atoms. The largest absolute Gasteiger partial charge is 0.381 e. The van der Waals surface area contributed by atoms with E-state index in [4.69, 9.17) is 9.47 Å². The van der Waals surface area contributed by atoms with Gasteiger partial charge in [0.15, 0.2) is 0 Å². The lowest BCUT2D eigenvalue weighted by Crippen LogP contribution is -2.12. The minimum Gasteiger partial charge on any atom is -0.381 e.